The highest BCUT2D eigenvalue weighted by Gasteiger charge is 2.46. The summed E-state index contributed by atoms with van der Waals surface area (Å²) in [5.41, 5.74) is 3.63. The van der Waals surface area contributed by atoms with Crippen molar-refractivity contribution in [2.45, 2.75) is 79.7 Å². The molecular weight excluding hydrogens is 606 g/mol. The Bertz CT molecular complexity index is 1530. The van der Waals surface area contributed by atoms with Crippen LogP contribution >= 0.6 is 23.4 Å². The van der Waals surface area contributed by atoms with Crippen LogP contribution in [0.3, 0.4) is 0 Å². The van der Waals surface area contributed by atoms with Gasteiger partial charge in [-0.15, -0.1) is 0 Å². The van der Waals surface area contributed by atoms with E-state index in [-0.39, 0.29) is 11.5 Å². The maximum Gasteiger partial charge on any atom is 0.335 e. The van der Waals surface area contributed by atoms with Crippen LogP contribution in [0.1, 0.15) is 72.9 Å². The zero-order valence-electron chi connectivity index (χ0n) is 25.9. The van der Waals surface area contributed by atoms with Gasteiger partial charge < -0.3 is 19.5 Å². The first kappa shape index (κ1) is 30.8. The Labute approximate surface area is 275 Å². The molecule has 2 fully saturated rings. The number of rotatable bonds is 8. The number of carboxylic acid groups (broad SMARTS) is 1. The van der Waals surface area contributed by atoms with Crippen LogP contribution in [0.4, 0.5) is 5.69 Å². The van der Waals surface area contributed by atoms with Gasteiger partial charge in [-0.2, -0.15) is 0 Å². The third kappa shape index (κ3) is 6.30. The number of aryl methyl sites for hydroxylation is 1. The van der Waals surface area contributed by atoms with Crippen molar-refractivity contribution in [1.29, 1.82) is 0 Å². The van der Waals surface area contributed by atoms with Crippen molar-refractivity contribution in [3.05, 3.63) is 76.6 Å². The highest BCUT2D eigenvalue weighted by atomic mass is 35.5. The zero-order chi connectivity index (χ0) is 31.0. The molecule has 3 aliphatic carbocycles. The van der Waals surface area contributed by atoms with Crippen LogP contribution in [0.5, 0.6) is 5.75 Å². The minimum absolute atomic E-state index is 0.187. The van der Waals surface area contributed by atoms with Crippen molar-refractivity contribution in [3.63, 3.8) is 0 Å². The topological polar surface area (TPSA) is 84.8 Å². The van der Waals surface area contributed by atoms with Crippen molar-refractivity contribution in [1.82, 2.24) is 9.97 Å². The van der Waals surface area contributed by atoms with E-state index in [0.717, 1.165) is 73.2 Å². The number of aromatic nitrogens is 2. The molecule has 7 rings (SSSR count). The number of thioether (sulfide) groups is 1. The largest absolute Gasteiger partial charge is 0.490 e. The maximum atomic E-state index is 12.1. The van der Waals surface area contributed by atoms with Gasteiger partial charge in [-0.1, -0.05) is 35.9 Å². The molecular formula is C36H42ClN3O4S. The fraction of sp³-hybridized carbons (Fsp3) is 0.528. The smallest absolute Gasteiger partial charge is 0.335 e. The van der Waals surface area contributed by atoms with Gasteiger partial charge in [0.05, 0.1) is 24.0 Å². The highest BCUT2D eigenvalue weighted by molar-refractivity contribution is 7.99. The summed E-state index contributed by atoms with van der Waals surface area (Å²) in [5.74, 6) is 1.30. The summed E-state index contributed by atoms with van der Waals surface area (Å²) < 4.78 is 12.9. The second-order valence-corrected chi connectivity index (χ2v) is 15.2. The highest BCUT2D eigenvalue weighted by Crippen LogP contribution is 2.49. The second-order valence-electron chi connectivity index (χ2n) is 13.5. The van der Waals surface area contributed by atoms with Crippen LogP contribution in [-0.2, 0) is 16.6 Å². The summed E-state index contributed by atoms with van der Waals surface area (Å²) in [5, 5.41) is 12.0. The van der Waals surface area contributed by atoms with Gasteiger partial charge in [0.2, 0.25) is 0 Å². The van der Waals surface area contributed by atoms with Crippen LogP contribution in [0.15, 0.2) is 60.0 Å². The van der Waals surface area contributed by atoms with Gasteiger partial charge in [-0.25, -0.2) is 14.8 Å². The summed E-state index contributed by atoms with van der Waals surface area (Å²) >= 11 is 8.25. The lowest BCUT2D eigenvalue weighted by atomic mass is 9.65. The Hall–Kier alpha value is -2.81. The number of anilines is 1. The average molecular weight is 648 g/mol. The van der Waals surface area contributed by atoms with Crippen molar-refractivity contribution in [3.8, 4) is 5.75 Å². The number of nitrogens with zero attached hydrogens (tertiary/aromatic N) is 3. The first-order chi connectivity index (χ1) is 21.9. The van der Waals surface area contributed by atoms with Gasteiger partial charge >= 0.3 is 5.97 Å². The first-order valence-corrected chi connectivity index (χ1v) is 17.7. The maximum absolute atomic E-state index is 12.1. The van der Waals surface area contributed by atoms with E-state index in [0.29, 0.717) is 35.2 Å². The van der Waals surface area contributed by atoms with Crippen LogP contribution in [0, 0.1) is 17.8 Å². The third-order valence-corrected chi connectivity index (χ3v) is 12.3. The summed E-state index contributed by atoms with van der Waals surface area (Å²) in [6.45, 7) is 2.22. The minimum Gasteiger partial charge on any atom is -0.490 e. The van der Waals surface area contributed by atoms with Gasteiger partial charge in [0.15, 0.2) is 5.16 Å². The molecule has 6 atom stereocenters. The molecule has 45 heavy (non-hydrogen) atoms. The standard InChI is InChI=1S/C36H42ClN3O4S/c1-43-33(24-5-2-7-28(18-24)45-35-38-15-4-16-39-35)29-11-8-26(29)20-40-21-36(14-3-6-23-17-27(37)10-12-30(23)36)22-44-32-13-9-25(34(41)42)19-31(32)40/h4,9-10,12-13,15-17,19,24,26,28-29,33H,2-3,5-8,11,14,18,20-22H2,1H3,(H,41,42)/t24-,26-,28+,29+,33-,36?/m0/s1. The van der Waals surface area contributed by atoms with Crippen LogP contribution < -0.4 is 9.64 Å². The number of ether oxygens (including phenoxy) is 2. The van der Waals surface area contributed by atoms with Gasteiger partial charge in [0, 0.05) is 48.3 Å². The number of methoxy groups -OCH3 is 1. The Balaban J connectivity index is 1.14. The molecule has 9 heteroatoms. The molecule has 0 bridgehead atoms. The number of carboxylic acids is 1. The molecule has 1 N–H and O–H groups in total. The predicted octanol–water partition coefficient (Wildman–Crippen LogP) is 7.69. The van der Waals surface area contributed by atoms with Gasteiger partial charge in [0.25, 0.3) is 0 Å². The van der Waals surface area contributed by atoms with Gasteiger partial charge in [-0.05, 0) is 117 Å². The van der Waals surface area contributed by atoms with E-state index in [4.69, 9.17) is 21.1 Å². The van der Waals surface area contributed by atoms with E-state index in [9.17, 15) is 9.90 Å². The molecule has 2 heterocycles. The molecule has 1 aliphatic heterocycles. The Morgan fingerprint density at radius 1 is 1.16 bits per heavy atom. The van der Waals surface area contributed by atoms with E-state index < -0.39 is 5.97 Å². The monoisotopic (exact) mass is 647 g/mol. The Morgan fingerprint density at radius 3 is 2.80 bits per heavy atom. The van der Waals surface area contributed by atoms with E-state index >= 15 is 0 Å². The van der Waals surface area contributed by atoms with Crippen molar-refractivity contribution in [2.75, 3.05) is 31.7 Å². The molecule has 2 aromatic carbocycles. The summed E-state index contributed by atoms with van der Waals surface area (Å²) in [7, 11) is 1.89. The van der Waals surface area contributed by atoms with E-state index in [1.807, 2.05) is 55.5 Å². The predicted molar refractivity (Wildman–Crippen MR) is 178 cm³/mol. The van der Waals surface area contributed by atoms with Crippen molar-refractivity contribution >= 4 is 35.0 Å². The lowest BCUT2D eigenvalue weighted by molar-refractivity contribution is -0.0587. The lowest BCUT2D eigenvalue weighted by Crippen LogP contribution is -2.51. The van der Waals surface area contributed by atoms with E-state index in [2.05, 4.69) is 27.0 Å². The Kier molecular flexibility index (Phi) is 8.99. The third-order valence-electron chi connectivity index (χ3n) is 10.9. The number of benzene rings is 2. The van der Waals surface area contributed by atoms with Crippen molar-refractivity contribution in [2.24, 2.45) is 17.8 Å². The number of hydrogen-bond acceptors (Lipinski definition) is 7. The fourth-order valence-corrected chi connectivity index (χ4v) is 9.95. The number of aromatic carboxylic acids is 1. The number of carbonyl (C=O) groups is 1. The molecule has 7 nitrogen and oxygen atoms in total. The average Bonchev–Trinajstić information content (AvgIpc) is 3.19. The molecule has 1 unspecified atom stereocenters. The van der Waals surface area contributed by atoms with Crippen LogP contribution in [0.2, 0.25) is 5.02 Å². The normalized spacial score (nSPS) is 28.3. The fourth-order valence-electron chi connectivity index (χ4n) is 8.58. The molecule has 2 saturated carbocycles. The number of hydrogen-bond donors (Lipinski definition) is 1. The molecule has 1 spiro atoms. The van der Waals surface area contributed by atoms with Crippen LogP contribution in [0.25, 0.3) is 0 Å². The van der Waals surface area contributed by atoms with Crippen LogP contribution in [-0.4, -0.2) is 59.2 Å². The second kappa shape index (κ2) is 13.1. The molecule has 1 aromatic heterocycles. The molecule has 0 saturated heterocycles. The molecule has 3 aromatic rings. The quantitative estimate of drug-likeness (QED) is 0.249. The summed E-state index contributed by atoms with van der Waals surface area (Å²) in [6.07, 6.45) is 14.0. The van der Waals surface area contributed by atoms with Crippen molar-refractivity contribution < 1.29 is 19.4 Å². The van der Waals surface area contributed by atoms with E-state index in [1.165, 1.54) is 30.4 Å². The number of fused-ring (bicyclic) bond motifs is 3. The van der Waals surface area contributed by atoms with E-state index in [1.54, 1.807) is 6.07 Å². The van der Waals surface area contributed by atoms with Gasteiger partial charge in [0.1, 0.15) is 5.75 Å². The SMILES string of the molecule is CO[C@@H]([C@H]1CCC[C@@H](Sc2ncccn2)C1)[C@@H]1CC[C@H]1CN1CC2(CCCc3cc(Cl)ccc32)COc2ccc(C(=O)O)cc21. The molecule has 0 radical (unpaired) electrons. The molecule has 4 aliphatic rings. The zero-order valence-corrected chi connectivity index (χ0v) is 27.4. The molecule has 0 amide bonds. The summed E-state index contributed by atoms with van der Waals surface area (Å²) in [6, 6.07) is 13.5. The summed E-state index contributed by atoms with van der Waals surface area (Å²) in [4.78, 5) is 23.4. The molecule has 238 valence electrons. The Morgan fingerprint density at radius 2 is 2.02 bits per heavy atom. The lowest BCUT2D eigenvalue weighted by Gasteiger charge is -2.48. The first-order valence-electron chi connectivity index (χ1n) is 16.4. The van der Waals surface area contributed by atoms with Gasteiger partial charge in [-0.3, -0.25) is 0 Å². The number of halogens is 1. The minimum atomic E-state index is -0.916.